The number of Topliss-reactive ketones (excluding diaryl/α,β-unsaturated/α-hetero) is 1. The second-order valence-corrected chi connectivity index (χ2v) is 6.52. The van der Waals surface area contributed by atoms with Crippen molar-refractivity contribution in [1.29, 1.82) is 0 Å². The Morgan fingerprint density at radius 1 is 1.18 bits per heavy atom. The van der Waals surface area contributed by atoms with Gasteiger partial charge in [-0.3, -0.25) is 4.79 Å². The van der Waals surface area contributed by atoms with Crippen LogP contribution >= 0.6 is 0 Å². The zero-order valence-electron chi connectivity index (χ0n) is 15.6. The number of fused-ring (bicyclic) bond motifs is 3. The molecule has 1 aromatic rings. The van der Waals surface area contributed by atoms with Crippen molar-refractivity contribution in [2.45, 2.75) is 38.0 Å². The first kappa shape index (κ1) is 20.0. The maximum absolute atomic E-state index is 13.8. The average Bonchev–Trinajstić information content (AvgIpc) is 2.65. The molecule has 0 spiro atoms. The lowest BCUT2D eigenvalue weighted by atomic mass is 9.82. The lowest BCUT2D eigenvalue weighted by molar-refractivity contribution is -0.186. The molecule has 0 N–H and O–H groups in total. The van der Waals surface area contributed by atoms with E-state index in [-0.39, 0.29) is 25.0 Å². The largest absolute Gasteiger partial charge is 0.493 e. The fraction of sp³-hybridized carbons (Fsp3) is 0.474. The van der Waals surface area contributed by atoms with Crippen LogP contribution in [0, 0.1) is 0 Å². The Hall–Kier alpha value is -2.71. The molecule has 2 aliphatic rings. The van der Waals surface area contributed by atoms with Crippen molar-refractivity contribution in [3.8, 4) is 11.5 Å². The minimum Gasteiger partial charge on any atom is -0.493 e. The molecule has 9 heteroatoms. The molecule has 0 fully saturated rings. The van der Waals surface area contributed by atoms with E-state index in [2.05, 4.69) is 0 Å². The molecule has 0 saturated heterocycles. The zero-order chi connectivity index (χ0) is 20.6. The van der Waals surface area contributed by atoms with Crippen molar-refractivity contribution in [1.82, 2.24) is 4.90 Å². The van der Waals surface area contributed by atoms with Crippen molar-refractivity contribution in [3.63, 3.8) is 0 Å². The van der Waals surface area contributed by atoms with Crippen LogP contribution in [0.2, 0.25) is 0 Å². The molecule has 2 unspecified atom stereocenters. The van der Waals surface area contributed by atoms with Gasteiger partial charge >= 0.3 is 12.1 Å². The fourth-order valence-electron chi connectivity index (χ4n) is 3.68. The van der Waals surface area contributed by atoms with Crippen LogP contribution in [-0.4, -0.2) is 49.7 Å². The van der Waals surface area contributed by atoms with E-state index in [1.54, 1.807) is 13.0 Å². The van der Waals surface area contributed by atoms with Gasteiger partial charge in [0.2, 0.25) is 0 Å². The summed E-state index contributed by atoms with van der Waals surface area (Å²) in [6.07, 6.45) is -4.16. The SMILES string of the molecule is CCOC(=O)C1=CN2C(CC1=O)c1cc(OC)c(OC)cc1CC2C(F)(F)F. The molecule has 0 radical (unpaired) electrons. The molecule has 28 heavy (non-hydrogen) atoms. The number of carbonyl (C=O) groups is 2. The van der Waals surface area contributed by atoms with E-state index in [1.807, 2.05) is 0 Å². The lowest BCUT2D eigenvalue weighted by Gasteiger charge is -2.45. The molecule has 2 heterocycles. The maximum Gasteiger partial charge on any atom is 0.409 e. The number of hydrogen-bond donors (Lipinski definition) is 0. The highest BCUT2D eigenvalue weighted by molar-refractivity contribution is 6.17. The van der Waals surface area contributed by atoms with E-state index in [0.717, 1.165) is 11.1 Å². The third-order valence-electron chi connectivity index (χ3n) is 4.97. The van der Waals surface area contributed by atoms with Crippen molar-refractivity contribution in [2.24, 2.45) is 0 Å². The Kier molecular flexibility index (Phi) is 5.27. The van der Waals surface area contributed by atoms with Gasteiger partial charge < -0.3 is 19.1 Å². The lowest BCUT2D eigenvalue weighted by Crippen LogP contribution is -2.51. The van der Waals surface area contributed by atoms with Crippen LogP contribution in [-0.2, 0) is 20.7 Å². The average molecular weight is 399 g/mol. The number of hydrogen-bond acceptors (Lipinski definition) is 6. The first-order chi connectivity index (χ1) is 13.2. The van der Waals surface area contributed by atoms with Gasteiger partial charge in [0.25, 0.3) is 0 Å². The number of rotatable bonds is 4. The Morgan fingerprint density at radius 3 is 2.39 bits per heavy atom. The second-order valence-electron chi connectivity index (χ2n) is 6.52. The quantitative estimate of drug-likeness (QED) is 0.573. The first-order valence-corrected chi connectivity index (χ1v) is 8.72. The molecule has 0 amide bonds. The van der Waals surface area contributed by atoms with Crippen molar-refractivity contribution >= 4 is 11.8 Å². The molecule has 0 bridgehead atoms. The third-order valence-corrected chi connectivity index (χ3v) is 4.97. The zero-order valence-corrected chi connectivity index (χ0v) is 15.6. The summed E-state index contributed by atoms with van der Waals surface area (Å²) in [5.74, 6) is -0.784. The van der Waals surface area contributed by atoms with Crippen molar-refractivity contribution < 1.29 is 37.0 Å². The van der Waals surface area contributed by atoms with E-state index in [9.17, 15) is 22.8 Å². The number of benzene rings is 1. The summed E-state index contributed by atoms with van der Waals surface area (Å²) in [5, 5.41) is 0. The summed E-state index contributed by atoms with van der Waals surface area (Å²) in [7, 11) is 2.83. The molecular formula is C19H20F3NO5. The standard InChI is InChI=1S/C19H20F3NO5/c1-4-28-18(25)12-9-23-13(8-14(12)24)11-7-16(27-3)15(26-2)5-10(11)6-17(23)19(20,21)22/h5,7,9,13,17H,4,6,8H2,1-3H3. The van der Waals surface area contributed by atoms with Crippen LogP contribution in [0.25, 0.3) is 0 Å². The van der Waals surface area contributed by atoms with Crippen molar-refractivity contribution in [2.75, 3.05) is 20.8 Å². The molecule has 6 nitrogen and oxygen atoms in total. The number of nitrogens with zero attached hydrogens (tertiary/aromatic N) is 1. The second kappa shape index (κ2) is 7.37. The van der Waals surface area contributed by atoms with E-state index >= 15 is 0 Å². The summed E-state index contributed by atoms with van der Waals surface area (Å²) >= 11 is 0. The topological polar surface area (TPSA) is 65.1 Å². The summed E-state index contributed by atoms with van der Waals surface area (Å²) in [5.41, 5.74) is 0.615. The minimum absolute atomic E-state index is 0.0232. The van der Waals surface area contributed by atoms with Gasteiger partial charge in [-0.2, -0.15) is 13.2 Å². The van der Waals surface area contributed by atoms with Crippen LogP contribution in [0.1, 0.15) is 30.5 Å². The number of ether oxygens (including phenoxy) is 3. The molecule has 1 aromatic carbocycles. The molecule has 0 saturated carbocycles. The van der Waals surface area contributed by atoms with Crippen molar-refractivity contribution in [3.05, 3.63) is 35.0 Å². The van der Waals surface area contributed by atoms with Gasteiger partial charge in [-0.1, -0.05) is 0 Å². The predicted octanol–water partition coefficient (Wildman–Crippen LogP) is 2.95. The van der Waals surface area contributed by atoms with E-state index in [1.165, 1.54) is 20.3 Å². The Balaban J connectivity index is 2.13. The highest BCUT2D eigenvalue weighted by Crippen LogP contribution is 2.46. The number of halogens is 3. The molecule has 2 aliphatic heterocycles. The summed E-state index contributed by atoms with van der Waals surface area (Å²) in [4.78, 5) is 25.5. The van der Waals surface area contributed by atoms with E-state index in [0.29, 0.717) is 22.6 Å². The molecule has 0 aromatic heterocycles. The Morgan fingerprint density at radius 2 is 1.82 bits per heavy atom. The Bertz CT molecular complexity index is 834. The monoisotopic (exact) mass is 399 g/mol. The summed E-state index contributed by atoms with van der Waals surface area (Å²) in [6, 6.07) is 0.371. The molecule has 152 valence electrons. The fourth-order valence-corrected chi connectivity index (χ4v) is 3.68. The summed E-state index contributed by atoms with van der Waals surface area (Å²) in [6.45, 7) is 1.58. The van der Waals surface area contributed by atoms with Crippen LogP contribution in [0.15, 0.2) is 23.9 Å². The van der Waals surface area contributed by atoms with Gasteiger partial charge in [0, 0.05) is 19.0 Å². The van der Waals surface area contributed by atoms with Gasteiger partial charge in [0.15, 0.2) is 17.3 Å². The normalized spacial score (nSPS) is 21.4. The Labute approximate surface area is 159 Å². The number of carbonyl (C=O) groups excluding carboxylic acids is 2. The van der Waals surface area contributed by atoms with Gasteiger partial charge in [-0.05, 0) is 30.2 Å². The number of ketones is 1. The van der Waals surface area contributed by atoms with Crippen LogP contribution in [0.4, 0.5) is 13.2 Å². The van der Waals surface area contributed by atoms with Crippen LogP contribution < -0.4 is 9.47 Å². The molecule has 0 aliphatic carbocycles. The van der Waals surface area contributed by atoms with Gasteiger partial charge in [-0.25, -0.2) is 4.79 Å². The van der Waals surface area contributed by atoms with E-state index in [4.69, 9.17) is 14.2 Å². The molecule has 2 atom stereocenters. The number of alkyl halides is 3. The third kappa shape index (κ3) is 3.41. The van der Waals surface area contributed by atoms with E-state index < -0.39 is 30.0 Å². The van der Waals surface area contributed by atoms with Crippen LogP contribution in [0.5, 0.6) is 11.5 Å². The van der Waals surface area contributed by atoms with Gasteiger partial charge in [0.05, 0.1) is 26.9 Å². The number of esters is 1. The highest BCUT2D eigenvalue weighted by Gasteiger charge is 2.50. The van der Waals surface area contributed by atoms with Crippen LogP contribution in [0.3, 0.4) is 0 Å². The smallest absolute Gasteiger partial charge is 0.409 e. The first-order valence-electron chi connectivity index (χ1n) is 8.72. The summed E-state index contributed by atoms with van der Waals surface area (Å²) < 4.78 is 56.6. The minimum atomic E-state index is -4.56. The van der Waals surface area contributed by atoms with Gasteiger partial charge in [0.1, 0.15) is 11.6 Å². The molecule has 3 rings (SSSR count). The predicted molar refractivity (Wildman–Crippen MR) is 92.0 cm³/mol. The highest BCUT2D eigenvalue weighted by atomic mass is 19.4. The number of methoxy groups -OCH3 is 2. The maximum atomic E-state index is 13.8. The molecular weight excluding hydrogens is 379 g/mol. The van der Waals surface area contributed by atoms with Gasteiger partial charge in [-0.15, -0.1) is 0 Å².